The lowest BCUT2D eigenvalue weighted by Crippen LogP contribution is -2.08. The Morgan fingerprint density at radius 1 is 0.939 bits per heavy atom. The van der Waals surface area contributed by atoms with E-state index in [1.54, 1.807) is 18.6 Å². The van der Waals surface area contributed by atoms with E-state index in [4.69, 9.17) is 5.11 Å². The van der Waals surface area contributed by atoms with Crippen molar-refractivity contribution in [3.63, 3.8) is 0 Å². The second kappa shape index (κ2) is 11.3. The number of nitrogens with one attached hydrogen (secondary N) is 2. The van der Waals surface area contributed by atoms with Crippen LogP contribution in [-0.2, 0) is 4.79 Å². The molecule has 10 heteroatoms. The molecule has 0 bridgehead atoms. The summed E-state index contributed by atoms with van der Waals surface area (Å²) in [5.41, 5.74) is 4.04. The highest BCUT2D eigenvalue weighted by molar-refractivity contribution is 6.11. The van der Waals surface area contributed by atoms with Crippen LogP contribution in [0.4, 0.5) is 0 Å². The highest BCUT2D eigenvalue weighted by Crippen LogP contribution is 2.20. The molecule has 0 aromatic carbocycles. The van der Waals surface area contributed by atoms with Crippen LogP contribution < -0.4 is 0 Å². The van der Waals surface area contributed by atoms with Crippen LogP contribution in [-0.4, -0.2) is 85.2 Å². The lowest BCUT2D eigenvalue weighted by atomic mass is 10.1. The minimum atomic E-state index is 0. The fraction of sp³-hybridized carbons (Fsp3) is 0.217. The average Bonchev–Trinajstić information content (AvgIpc) is 3.43. The summed E-state index contributed by atoms with van der Waals surface area (Å²) in [5.74, 6) is 0. The molecule has 33 heavy (non-hydrogen) atoms. The van der Waals surface area contributed by atoms with Gasteiger partial charge in [0.2, 0.25) is 0 Å². The number of rotatable bonds is 5. The maximum absolute atomic E-state index is 10.6. The van der Waals surface area contributed by atoms with Gasteiger partial charge in [0.1, 0.15) is 38.0 Å². The van der Waals surface area contributed by atoms with E-state index < -0.39 is 0 Å². The highest BCUT2D eigenvalue weighted by Gasteiger charge is 2.11. The Labute approximate surface area is 192 Å². The second-order valence-electron chi connectivity index (χ2n) is 7.27. The quantitative estimate of drug-likeness (QED) is 0.141. The number of aromatic nitrogens is 6. The van der Waals surface area contributed by atoms with E-state index in [-0.39, 0.29) is 13.0 Å². The number of aldehydes is 1. The van der Waals surface area contributed by atoms with Crippen molar-refractivity contribution in [1.82, 2.24) is 34.8 Å². The molecule has 0 fully saturated rings. The molecule has 0 saturated carbocycles. The van der Waals surface area contributed by atoms with Crippen LogP contribution in [0.3, 0.4) is 0 Å². The minimum absolute atomic E-state index is 0. The van der Waals surface area contributed by atoms with Gasteiger partial charge in [-0.25, -0.2) is 24.5 Å². The number of carbonyl (C=O) groups excluding carboxylic acids is 1. The molecule has 4 rings (SSSR count). The summed E-state index contributed by atoms with van der Waals surface area (Å²) in [4.78, 5) is 35.1. The predicted octanol–water partition coefficient (Wildman–Crippen LogP) is 2.90. The Morgan fingerprint density at radius 3 is 1.88 bits per heavy atom. The molecule has 0 unspecified atom stereocenters. The Balaban J connectivity index is 0.000000233. The summed E-state index contributed by atoms with van der Waals surface area (Å²) >= 11 is 0. The molecule has 3 N–H and O–H groups in total. The third-order valence-corrected chi connectivity index (χ3v) is 4.32. The largest absolute Gasteiger partial charge is 0.515 e. The van der Waals surface area contributed by atoms with Gasteiger partial charge in [0.15, 0.2) is 12.5 Å². The van der Waals surface area contributed by atoms with E-state index in [0.717, 1.165) is 28.6 Å². The fourth-order valence-corrected chi connectivity index (χ4v) is 3.06. The van der Waals surface area contributed by atoms with Gasteiger partial charge in [-0.1, -0.05) is 7.43 Å². The van der Waals surface area contributed by atoms with Crippen LogP contribution in [0.15, 0.2) is 49.6 Å². The number of hydrogen-bond donors (Lipinski definition) is 3. The van der Waals surface area contributed by atoms with Gasteiger partial charge in [-0.3, -0.25) is 4.79 Å². The average molecular weight is 450 g/mol. The number of hydrogen-bond acceptors (Lipinski definition) is 7. The third-order valence-electron chi connectivity index (χ3n) is 4.32. The molecular weight excluding hydrogens is 420 g/mol. The number of carbonyl (C=O) groups is 1. The van der Waals surface area contributed by atoms with Crippen LogP contribution in [0, 0.1) is 0 Å². The molecule has 0 aliphatic carbocycles. The van der Waals surface area contributed by atoms with E-state index in [1.165, 1.54) is 6.33 Å². The first-order valence-electron chi connectivity index (χ1n) is 9.70. The van der Waals surface area contributed by atoms with E-state index in [2.05, 4.69) is 42.3 Å². The van der Waals surface area contributed by atoms with Crippen molar-refractivity contribution in [3.05, 3.63) is 61.0 Å². The van der Waals surface area contributed by atoms with Crippen LogP contribution in [0.5, 0.6) is 0 Å². The number of aromatic amines is 2. The predicted molar refractivity (Wildman–Crippen MR) is 131 cm³/mol. The second-order valence-corrected chi connectivity index (χ2v) is 7.27. The zero-order valence-electron chi connectivity index (χ0n) is 18.3. The summed E-state index contributed by atoms with van der Waals surface area (Å²) in [6.45, 7) is 0. The van der Waals surface area contributed by atoms with Gasteiger partial charge in [0.25, 0.3) is 0 Å². The van der Waals surface area contributed by atoms with Crippen molar-refractivity contribution in [2.75, 3.05) is 28.2 Å². The topological polar surface area (TPSA) is 127 Å². The van der Waals surface area contributed by atoms with Gasteiger partial charge in [-0.15, -0.1) is 0 Å². The Kier molecular flexibility index (Phi) is 8.56. The number of nitrogens with zero attached hydrogens (tertiary/aromatic N) is 6. The number of aliphatic hydroxyl groups excluding tert-OH is 1. The van der Waals surface area contributed by atoms with Crippen molar-refractivity contribution in [2.45, 2.75) is 7.43 Å². The maximum Gasteiger partial charge on any atom is 0.173 e. The first-order valence-corrected chi connectivity index (χ1v) is 9.70. The normalized spacial score (nSPS) is 11.4. The standard InChI is InChI=1S/C13H18N5.C9H7N3O2.CH4/c1-17(2)7-10(8-18(3)4)12-11-5-6-14-13(11)16-9-15-12;13-3-6(4-14)8-7-1-2-10-9(7)12-5-11-8;/h5-9H,1-4H3,(H,14,15,16);1-5,13H,(H,10,11,12);1H4/q+1;;/b;6-3+;. The Hall–Kier alpha value is -4.34. The molecule has 10 nitrogen and oxygen atoms in total. The molecule has 0 amide bonds. The SMILES string of the molecule is C.CN(C)/C=C(/C=[N+](C)C)c1ncnc2[nH]ccc12.O=C/C(=C\O)c1ncnc2[nH]ccc12. The van der Waals surface area contributed by atoms with Gasteiger partial charge in [-0.2, -0.15) is 0 Å². The van der Waals surface area contributed by atoms with Crippen LogP contribution >= 0.6 is 0 Å². The van der Waals surface area contributed by atoms with E-state index >= 15 is 0 Å². The molecule has 0 atom stereocenters. The molecule has 0 radical (unpaired) electrons. The van der Waals surface area contributed by atoms with Gasteiger partial charge in [0.05, 0.1) is 28.8 Å². The van der Waals surface area contributed by atoms with Crippen molar-refractivity contribution in [2.24, 2.45) is 0 Å². The summed E-state index contributed by atoms with van der Waals surface area (Å²) in [5, 5.41) is 10.6. The van der Waals surface area contributed by atoms with Gasteiger partial charge >= 0.3 is 0 Å². The summed E-state index contributed by atoms with van der Waals surface area (Å²) in [7, 11) is 8.00. The number of fused-ring (bicyclic) bond motifs is 2. The van der Waals surface area contributed by atoms with Crippen molar-refractivity contribution in [1.29, 1.82) is 0 Å². The smallest absolute Gasteiger partial charge is 0.173 e. The summed E-state index contributed by atoms with van der Waals surface area (Å²) in [6, 6.07) is 3.75. The minimum Gasteiger partial charge on any atom is -0.515 e. The van der Waals surface area contributed by atoms with Crippen LogP contribution in [0.1, 0.15) is 18.8 Å². The van der Waals surface area contributed by atoms with E-state index in [9.17, 15) is 4.79 Å². The lowest BCUT2D eigenvalue weighted by molar-refractivity contribution is -0.458. The number of allylic oxidation sites excluding steroid dienone is 2. The van der Waals surface area contributed by atoms with E-state index in [1.807, 2.05) is 49.9 Å². The Morgan fingerprint density at radius 2 is 1.45 bits per heavy atom. The molecule has 0 aliphatic heterocycles. The molecular formula is C23H29N8O2+. The van der Waals surface area contributed by atoms with Gasteiger partial charge < -0.3 is 20.0 Å². The zero-order chi connectivity index (χ0) is 23.1. The molecule has 172 valence electrons. The van der Waals surface area contributed by atoms with Crippen LogP contribution in [0.2, 0.25) is 0 Å². The first-order chi connectivity index (χ1) is 15.4. The number of aliphatic hydroxyl groups is 1. The third kappa shape index (κ3) is 5.88. The summed E-state index contributed by atoms with van der Waals surface area (Å²) in [6.07, 6.45) is 11.9. The van der Waals surface area contributed by atoms with E-state index in [0.29, 0.717) is 23.0 Å². The molecule has 4 aromatic heterocycles. The van der Waals surface area contributed by atoms with Crippen molar-refractivity contribution < 1.29 is 14.5 Å². The highest BCUT2D eigenvalue weighted by atomic mass is 16.2. The van der Waals surface area contributed by atoms with Gasteiger partial charge in [-0.05, 0) is 12.1 Å². The molecule has 4 heterocycles. The molecule has 0 spiro atoms. The molecule has 0 saturated heterocycles. The maximum atomic E-state index is 10.6. The summed E-state index contributed by atoms with van der Waals surface area (Å²) < 4.78 is 2.01. The van der Waals surface area contributed by atoms with Gasteiger partial charge in [0, 0.05) is 43.5 Å². The lowest BCUT2D eigenvalue weighted by Gasteiger charge is -2.07. The van der Waals surface area contributed by atoms with Crippen LogP contribution in [0.25, 0.3) is 33.2 Å². The zero-order valence-corrected chi connectivity index (χ0v) is 18.3. The van der Waals surface area contributed by atoms with Crippen molar-refractivity contribution in [3.8, 4) is 0 Å². The fourth-order valence-electron chi connectivity index (χ4n) is 3.06. The molecule has 0 aliphatic rings. The van der Waals surface area contributed by atoms with Crippen molar-refractivity contribution >= 4 is 45.7 Å². The Bertz CT molecular complexity index is 1310. The first kappa shape index (κ1) is 24.9. The monoisotopic (exact) mass is 449 g/mol. The molecule has 4 aromatic rings. The number of H-pyrrole nitrogens is 2.